The number of aliphatic imine (C=N–C) groups is 1. The highest BCUT2D eigenvalue weighted by Crippen LogP contribution is 2.18. The molecule has 1 aliphatic rings. The van der Waals surface area contributed by atoms with Gasteiger partial charge in [0.2, 0.25) is 0 Å². The zero-order valence-corrected chi connectivity index (χ0v) is 16.6. The van der Waals surface area contributed by atoms with Crippen molar-refractivity contribution in [2.75, 3.05) is 45.2 Å². The predicted molar refractivity (Wildman–Crippen MR) is 113 cm³/mol. The maximum Gasteiger partial charge on any atom is 0.309 e. The van der Waals surface area contributed by atoms with Gasteiger partial charge < -0.3 is 20.3 Å². The molecule has 0 amide bonds. The number of pyridine rings is 1. The van der Waals surface area contributed by atoms with Gasteiger partial charge in [0, 0.05) is 38.6 Å². The van der Waals surface area contributed by atoms with Crippen molar-refractivity contribution in [1.82, 2.24) is 15.2 Å². The number of ether oxygens (including phenoxy) is 1. The molecule has 7 nitrogen and oxygen atoms in total. The van der Waals surface area contributed by atoms with Crippen LogP contribution < -0.4 is 10.6 Å². The van der Waals surface area contributed by atoms with Crippen molar-refractivity contribution in [3.8, 4) is 0 Å². The fourth-order valence-corrected chi connectivity index (χ4v) is 3.45. The third kappa shape index (κ3) is 5.12. The summed E-state index contributed by atoms with van der Waals surface area (Å²) in [5.41, 5.74) is 0.987. The molecule has 0 bridgehead atoms. The van der Waals surface area contributed by atoms with Gasteiger partial charge in [-0.15, -0.1) is 0 Å². The Labute approximate surface area is 166 Å². The summed E-state index contributed by atoms with van der Waals surface area (Å²) in [6.45, 7) is 5.38. The standard InChI is InChI=1S/C21H29N5O2/c1-3-28-20(27)17-10-14-26(15-11-17)21(22-2)24-13-12-23-19-9-8-16-6-4-5-7-18(16)25-19/h4-9,17H,3,10-15H2,1-2H3,(H,22,24)(H,23,25). The molecule has 2 heterocycles. The second-order valence-corrected chi connectivity index (χ2v) is 6.80. The second kappa shape index (κ2) is 9.92. The van der Waals surface area contributed by atoms with Gasteiger partial charge in [0.25, 0.3) is 0 Å². The SMILES string of the molecule is CCOC(=O)C1CCN(C(=NC)NCCNc2ccc3ccccc3n2)CC1. The molecular weight excluding hydrogens is 354 g/mol. The zero-order chi connectivity index (χ0) is 19.8. The van der Waals surface area contributed by atoms with Crippen LogP contribution in [0.15, 0.2) is 41.4 Å². The van der Waals surface area contributed by atoms with Gasteiger partial charge in [0.05, 0.1) is 18.0 Å². The van der Waals surface area contributed by atoms with Gasteiger partial charge in [-0.05, 0) is 38.0 Å². The molecule has 0 spiro atoms. The Morgan fingerprint density at radius 3 is 2.75 bits per heavy atom. The van der Waals surface area contributed by atoms with E-state index in [1.54, 1.807) is 7.05 Å². The molecule has 7 heteroatoms. The van der Waals surface area contributed by atoms with Gasteiger partial charge in [0.1, 0.15) is 5.82 Å². The molecule has 1 aliphatic heterocycles. The summed E-state index contributed by atoms with van der Waals surface area (Å²) in [7, 11) is 1.79. The highest BCUT2D eigenvalue weighted by molar-refractivity contribution is 5.81. The average Bonchev–Trinajstić information content (AvgIpc) is 2.74. The first kappa shape index (κ1) is 19.9. The second-order valence-electron chi connectivity index (χ2n) is 6.80. The predicted octanol–water partition coefficient (Wildman–Crippen LogP) is 2.50. The Hall–Kier alpha value is -2.83. The summed E-state index contributed by atoms with van der Waals surface area (Å²) in [6.07, 6.45) is 1.61. The number of hydrogen-bond donors (Lipinski definition) is 2. The Balaban J connectivity index is 1.42. The molecule has 1 aromatic heterocycles. The molecule has 0 atom stereocenters. The van der Waals surface area contributed by atoms with E-state index in [1.807, 2.05) is 31.2 Å². The van der Waals surface area contributed by atoms with E-state index in [4.69, 9.17) is 4.74 Å². The minimum atomic E-state index is -0.0721. The number of carbonyl (C=O) groups excluding carboxylic acids is 1. The lowest BCUT2D eigenvalue weighted by molar-refractivity contribution is -0.149. The van der Waals surface area contributed by atoms with Crippen molar-refractivity contribution in [1.29, 1.82) is 0 Å². The fourth-order valence-electron chi connectivity index (χ4n) is 3.45. The van der Waals surface area contributed by atoms with Crippen LogP contribution >= 0.6 is 0 Å². The number of piperidine rings is 1. The van der Waals surface area contributed by atoms with Gasteiger partial charge in [-0.1, -0.05) is 18.2 Å². The van der Waals surface area contributed by atoms with E-state index in [-0.39, 0.29) is 11.9 Å². The summed E-state index contributed by atoms with van der Waals surface area (Å²) in [5, 5.41) is 7.87. The van der Waals surface area contributed by atoms with Gasteiger partial charge in [-0.3, -0.25) is 9.79 Å². The number of para-hydroxylation sites is 1. The number of hydrogen-bond acceptors (Lipinski definition) is 5. The summed E-state index contributed by atoms with van der Waals surface area (Å²) in [4.78, 5) is 23.1. The maximum atomic E-state index is 11.9. The van der Waals surface area contributed by atoms with Gasteiger partial charge in [-0.2, -0.15) is 0 Å². The minimum Gasteiger partial charge on any atom is -0.466 e. The molecule has 0 aliphatic carbocycles. The van der Waals surface area contributed by atoms with E-state index in [9.17, 15) is 4.79 Å². The molecule has 2 N–H and O–H groups in total. The number of aromatic nitrogens is 1. The van der Waals surface area contributed by atoms with Crippen LogP contribution in [0.5, 0.6) is 0 Å². The van der Waals surface area contributed by atoms with Crippen LogP contribution in [0.3, 0.4) is 0 Å². The number of guanidine groups is 1. The van der Waals surface area contributed by atoms with Crippen molar-refractivity contribution in [3.05, 3.63) is 36.4 Å². The van der Waals surface area contributed by atoms with Crippen LogP contribution in [0.1, 0.15) is 19.8 Å². The Morgan fingerprint density at radius 2 is 2.00 bits per heavy atom. The van der Waals surface area contributed by atoms with E-state index in [1.165, 1.54) is 0 Å². The topological polar surface area (TPSA) is 78.8 Å². The molecular formula is C21H29N5O2. The van der Waals surface area contributed by atoms with E-state index < -0.39 is 0 Å². The average molecular weight is 383 g/mol. The first-order valence-electron chi connectivity index (χ1n) is 9.93. The van der Waals surface area contributed by atoms with Crippen LogP contribution in [0.25, 0.3) is 10.9 Å². The number of esters is 1. The van der Waals surface area contributed by atoms with E-state index in [0.717, 1.165) is 61.7 Å². The van der Waals surface area contributed by atoms with Crippen molar-refractivity contribution < 1.29 is 9.53 Å². The number of likely N-dealkylation sites (tertiary alicyclic amines) is 1. The van der Waals surface area contributed by atoms with Crippen LogP contribution in [0.2, 0.25) is 0 Å². The summed E-state index contributed by atoms with van der Waals surface area (Å²) >= 11 is 0. The lowest BCUT2D eigenvalue weighted by Crippen LogP contribution is -2.47. The molecule has 0 saturated carbocycles. The number of carbonyl (C=O) groups is 1. The van der Waals surface area contributed by atoms with Gasteiger partial charge >= 0.3 is 5.97 Å². The van der Waals surface area contributed by atoms with Crippen LogP contribution in [-0.2, 0) is 9.53 Å². The highest BCUT2D eigenvalue weighted by Gasteiger charge is 2.27. The van der Waals surface area contributed by atoms with Crippen molar-refractivity contribution in [2.24, 2.45) is 10.9 Å². The Kier molecular flexibility index (Phi) is 7.06. The summed E-state index contributed by atoms with van der Waals surface area (Å²) < 4.78 is 5.13. The fraction of sp³-hybridized carbons (Fsp3) is 0.476. The lowest BCUT2D eigenvalue weighted by atomic mass is 9.97. The molecule has 2 aromatic rings. The normalized spacial score (nSPS) is 15.5. The lowest BCUT2D eigenvalue weighted by Gasteiger charge is -2.33. The van der Waals surface area contributed by atoms with Gasteiger partial charge in [0.15, 0.2) is 5.96 Å². The van der Waals surface area contributed by atoms with Crippen LogP contribution in [-0.4, -0.2) is 61.6 Å². The molecule has 3 rings (SSSR count). The van der Waals surface area contributed by atoms with Crippen LogP contribution in [0.4, 0.5) is 5.82 Å². The third-order valence-electron chi connectivity index (χ3n) is 4.94. The third-order valence-corrected chi connectivity index (χ3v) is 4.94. The first-order chi connectivity index (χ1) is 13.7. The molecule has 28 heavy (non-hydrogen) atoms. The first-order valence-corrected chi connectivity index (χ1v) is 9.93. The highest BCUT2D eigenvalue weighted by atomic mass is 16.5. The Bertz CT molecular complexity index is 815. The smallest absolute Gasteiger partial charge is 0.309 e. The molecule has 150 valence electrons. The van der Waals surface area contributed by atoms with E-state index in [0.29, 0.717) is 6.61 Å². The number of fused-ring (bicyclic) bond motifs is 1. The zero-order valence-electron chi connectivity index (χ0n) is 16.6. The maximum absolute atomic E-state index is 11.9. The summed E-state index contributed by atoms with van der Waals surface area (Å²) in [5.74, 6) is 1.67. The van der Waals surface area contributed by atoms with Crippen molar-refractivity contribution in [2.45, 2.75) is 19.8 Å². The molecule has 0 unspecified atom stereocenters. The molecule has 1 aromatic carbocycles. The number of nitrogens with zero attached hydrogens (tertiary/aromatic N) is 3. The monoisotopic (exact) mass is 383 g/mol. The van der Waals surface area contributed by atoms with E-state index in [2.05, 4.69) is 37.6 Å². The number of rotatable bonds is 6. The Morgan fingerprint density at radius 1 is 1.21 bits per heavy atom. The largest absolute Gasteiger partial charge is 0.466 e. The number of benzene rings is 1. The summed E-state index contributed by atoms with van der Waals surface area (Å²) in [6, 6.07) is 12.2. The van der Waals surface area contributed by atoms with Crippen LogP contribution in [0, 0.1) is 5.92 Å². The number of anilines is 1. The molecule has 1 fully saturated rings. The quantitative estimate of drug-likeness (QED) is 0.345. The number of nitrogens with one attached hydrogen (secondary N) is 2. The van der Waals surface area contributed by atoms with Crippen molar-refractivity contribution in [3.63, 3.8) is 0 Å². The molecule has 1 saturated heterocycles. The van der Waals surface area contributed by atoms with Crippen molar-refractivity contribution >= 4 is 28.6 Å². The van der Waals surface area contributed by atoms with Gasteiger partial charge in [-0.25, -0.2) is 4.98 Å². The molecule has 0 radical (unpaired) electrons. The van der Waals surface area contributed by atoms with E-state index >= 15 is 0 Å². The minimum absolute atomic E-state index is 0.00921.